The number of oxazole rings is 1. The first kappa shape index (κ1) is 20.4. The number of hydrogen-bond acceptors (Lipinski definition) is 5. The Bertz CT molecular complexity index is 1260. The highest BCUT2D eigenvalue weighted by molar-refractivity contribution is 5.92. The zero-order valence-corrected chi connectivity index (χ0v) is 16.9. The largest absolute Gasteiger partial charge is 0.494 e. The average molecular weight is 419 g/mol. The molecule has 4 aromatic rings. The van der Waals surface area contributed by atoms with Crippen molar-refractivity contribution in [3.05, 3.63) is 60.2 Å². The number of aromatic nitrogens is 1. The van der Waals surface area contributed by atoms with Gasteiger partial charge in [0.1, 0.15) is 11.3 Å². The molecule has 0 fully saturated rings. The van der Waals surface area contributed by atoms with Gasteiger partial charge in [-0.05, 0) is 66.4 Å². The summed E-state index contributed by atoms with van der Waals surface area (Å²) in [6, 6.07) is 17.4. The first-order valence-corrected chi connectivity index (χ1v) is 9.91. The van der Waals surface area contributed by atoms with Gasteiger partial charge in [0.25, 0.3) is 0 Å². The van der Waals surface area contributed by atoms with Crippen LogP contribution in [0.5, 0.6) is 5.75 Å². The molecule has 7 heteroatoms. The smallest absolute Gasteiger partial charge is 0.317 e. The molecule has 0 bridgehead atoms. The molecule has 31 heavy (non-hydrogen) atoms. The van der Waals surface area contributed by atoms with Crippen molar-refractivity contribution in [1.29, 1.82) is 0 Å². The van der Waals surface area contributed by atoms with E-state index in [1.54, 1.807) is 0 Å². The first-order valence-electron chi connectivity index (χ1n) is 9.91. The zero-order chi connectivity index (χ0) is 22.0. The highest BCUT2D eigenvalue weighted by Gasteiger charge is 2.24. The summed E-state index contributed by atoms with van der Waals surface area (Å²) in [6.07, 6.45) is 0.350. The van der Waals surface area contributed by atoms with E-state index >= 15 is 0 Å². The molecule has 1 aromatic heterocycles. The first-order chi connectivity index (χ1) is 14.9. The third-order valence-electron chi connectivity index (χ3n) is 5.18. The lowest BCUT2D eigenvalue weighted by molar-refractivity contribution is -0.154. The van der Waals surface area contributed by atoms with Crippen LogP contribution in [0.2, 0.25) is 0 Å². The topological polar surface area (TPSA) is 110 Å². The number of carboxylic acid groups (broad SMARTS) is 2. The summed E-state index contributed by atoms with van der Waals surface area (Å²) in [5.41, 5.74) is 3.56. The predicted molar refractivity (Wildman–Crippen MR) is 115 cm³/mol. The fourth-order valence-corrected chi connectivity index (χ4v) is 3.49. The van der Waals surface area contributed by atoms with Crippen LogP contribution in [0.25, 0.3) is 33.3 Å². The molecular weight excluding hydrogens is 398 g/mol. The molecule has 0 radical (unpaired) electrons. The van der Waals surface area contributed by atoms with Crippen molar-refractivity contribution in [2.45, 2.75) is 19.8 Å². The van der Waals surface area contributed by atoms with E-state index < -0.39 is 17.9 Å². The van der Waals surface area contributed by atoms with Gasteiger partial charge in [-0.25, -0.2) is 4.98 Å². The summed E-state index contributed by atoms with van der Waals surface area (Å²) in [5, 5.41) is 19.8. The molecule has 2 N–H and O–H groups in total. The second-order valence-electron chi connectivity index (χ2n) is 7.38. The van der Waals surface area contributed by atoms with Gasteiger partial charge in [-0.15, -0.1) is 0 Å². The Balaban J connectivity index is 1.46. The predicted octanol–water partition coefficient (Wildman–Crippen LogP) is 4.90. The van der Waals surface area contributed by atoms with E-state index in [1.807, 2.05) is 61.5 Å². The maximum atomic E-state index is 10.9. The quantitative estimate of drug-likeness (QED) is 0.309. The average Bonchev–Trinajstić information content (AvgIpc) is 3.18. The molecule has 0 aliphatic carbocycles. The van der Waals surface area contributed by atoms with Gasteiger partial charge in [0.15, 0.2) is 11.5 Å². The number of aliphatic carboxylic acids is 2. The van der Waals surface area contributed by atoms with Crippen LogP contribution in [-0.2, 0) is 9.59 Å². The standard InChI is InChI=1S/C24H21NO6/c1-14-4-2-6-20-21(14)25-22(31-20)17-8-7-16-13-18(10-9-15(16)12-17)30-11-3-5-19(23(26)27)24(28)29/h2,4,6-10,12-13,19H,3,5,11H2,1H3,(H,26,27)(H,28,29). The number of carboxylic acids is 2. The molecule has 0 amide bonds. The molecule has 4 rings (SSSR count). The summed E-state index contributed by atoms with van der Waals surface area (Å²) in [7, 11) is 0. The highest BCUT2D eigenvalue weighted by atomic mass is 16.5. The van der Waals surface area contributed by atoms with Gasteiger partial charge in [-0.2, -0.15) is 0 Å². The van der Waals surface area contributed by atoms with E-state index in [9.17, 15) is 9.59 Å². The zero-order valence-electron chi connectivity index (χ0n) is 16.9. The van der Waals surface area contributed by atoms with Crippen LogP contribution < -0.4 is 4.74 Å². The van der Waals surface area contributed by atoms with Gasteiger partial charge in [-0.3, -0.25) is 9.59 Å². The van der Waals surface area contributed by atoms with Gasteiger partial charge in [0.2, 0.25) is 5.89 Å². The Morgan fingerprint density at radius 1 is 1.03 bits per heavy atom. The second kappa shape index (κ2) is 8.47. The minimum atomic E-state index is -1.41. The van der Waals surface area contributed by atoms with Crippen molar-refractivity contribution in [1.82, 2.24) is 4.98 Å². The fraction of sp³-hybridized carbons (Fsp3) is 0.208. The third kappa shape index (κ3) is 4.35. The normalized spacial score (nSPS) is 11.3. The number of hydrogen-bond donors (Lipinski definition) is 2. The lowest BCUT2D eigenvalue weighted by Gasteiger charge is -2.10. The van der Waals surface area contributed by atoms with Crippen LogP contribution in [0.4, 0.5) is 0 Å². The summed E-state index contributed by atoms with van der Waals surface area (Å²) >= 11 is 0. The van der Waals surface area contributed by atoms with Crippen LogP contribution in [0.3, 0.4) is 0 Å². The minimum absolute atomic E-state index is 0.0194. The van der Waals surface area contributed by atoms with Crippen molar-refractivity contribution in [3.8, 4) is 17.2 Å². The number of rotatable bonds is 8. The van der Waals surface area contributed by atoms with E-state index in [0.29, 0.717) is 18.1 Å². The number of carbonyl (C=O) groups is 2. The van der Waals surface area contributed by atoms with E-state index in [1.165, 1.54) is 0 Å². The fourth-order valence-electron chi connectivity index (χ4n) is 3.49. The Morgan fingerprint density at radius 3 is 2.52 bits per heavy atom. The Morgan fingerprint density at radius 2 is 1.77 bits per heavy atom. The number of aryl methyl sites for hydroxylation is 1. The summed E-state index contributed by atoms with van der Waals surface area (Å²) in [5.74, 6) is -2.86. The highest BCUT2D eigenvalue weighted by Crippen LogP contribution is 2.30. The van der Waals surface area contributed by atoms with Gasteiger partial charge < -0.3 is 19.4 Å². The SMILES string of the molecule is Cc1cccc2oc(-c3ccc4cc(OCCCC(C(=O)O)C(=O)O)ccc4c3)nc12. The van der Waals surface area contributed by atoms with Crippen molar-refractivity contribution >= 4 is 33.8 Å². The summed E-state index contributed by atoms with van der Waals surface area (Å²) in [6.45, 7) is 2.24. The third-order valence-corrected chi connectivity index (χ3v) is 5.18. The Hall–Kier alpha value is -3.87. The number of para-hydroxylation sites is 1. The van der Waals surface area contributed by atoms with Crippen LogP contribution in [0, 0.1) is 12.8 Å². The van der Waals surface area contributed by atoms with Gasteiger partial charge >= 0.3 is 11.9 Å². The maximum Gasteiger partial charge on any atom is 0.317 e. The molecule has 0 unspecified atom stereocenters. The Kier molecular flexibility index (Phi) is 5.58. The molecule has 0 aliphatic heterocycles. The molecule has 0 saturated carbocycles. The molecule has 0 atom stereocenters. The minimum Gasteiger partial charge on any atom is -0.494 e. The van der Waals surface area contributed by atoms with Crippen molar-refractivity contribution in [2.24, 2.45) is 5.92 Å². The van der Waals surface area contributed by atoms with Gasteiger partial charge in [-0.1, -0.05) is 24.3 Å². The van der Waals surface area contributed by atoms with E-state index in [0.717, 1.165) is 33.0 Å². The molecule has 0 spiro atoms. The van der Waals surface area contributed by atoms with Gasteiger partial charge in [0, 0.05) is 5.56 Å². The van der Waals surface area contributed by atoms with Crippen LogP contribution in [0.15, 0.2) is 59.0 Å². The number of fused-ring (bicyclic) bond motifs is 2. The Labute approximate surface area is 177 Å². The molecule has 7 nitrogen and oxygen atoms in total. The van der Waals surface area contributed by atoms with Crippen LogP contribution in [-0.4, -0.2) is 33.7 Å². The number of nitrogens with zero attached hydrogens (tertiary/aromatic N) is 1. The van der Waals surface area contributed by atoms with Crippen LogP contribution >= 0.6 is 0 Å². The molecule has 1 heterocycles. The summed E-state index contributed by atoms with van der Waals surface area (Å²) in [4.78, 5) is 26.5. The van der Waals surface area contributed by atoms with Crippen LogP contribution in [0.1, 0.15) is 18.4 Å². The maximum absolute atomic E-state index is 10.9. The molecule has 0 aliphatic rings. The van der Waals surface area contributed by atoms with E-state index in [-0.39, 0.29) is 13.0 Å². The number of ether oxygens (including phenoxy) is 1. The monoisotopic (exact) mass is 419 g/mol. The van der Waals surface area contributed by atoms with E-state index in [2.05, 4.69) is 4.98 Å². The summed E-state index contributed by atoms with van der Waals surface area (Å²) < 4.78 is 11.6. The van der Waals surface area contributed by atoms with Crippen molar-refractivity contribution < 1.29 is 29.0 Å². The molecular formula is C24H21NO6. The molecule has 158 valence electrons. The number of benzene rings is 3. The molecule has 3 aromatic carbocycles. The van der Waals surface area contributed by atoms with E-state index in [4.69, 9.17) is 19.4 Å². The van der Waals surface area contributed by atoms with Gasteiger partial charge in [0.05, 0.1) is 6.61 Å². The lowest BCUT2D eigenvalue weighted by atomic mass is 10.0. The van der Waals surface area contributed by atoms with Crippen molar-refractivity contribution in [2.75, 3.05) is 6.61 Å². The second-order valence-corrected chi connectivity index (χ2v) is 7.38. The molecule has 0 saturated heterocycles. The van der Waals surface area contributed by atoms with Crippen molar-refractivity contribution in [3.63, 3.8) is 0 Å². The lowest BCUT2D eigenvalue weighted by Crippen LogP contribution is -2.23.